The maximum atomic E-state index is 14.4. The third-order valence-corrected chi connectivity index (χ3v) is 8.26. The zero-order valence-corrected chi connectivity index (χ0v) is 27.5. The molecule has 0 spiro atoms. The molecule has 0 saturated heterocycles. The number of hydrazine groups is 1. The van der Waals surface area contributed by atoms with Crippen molar-refractivity contribution in [2.24, 2.45) is 4.99 Å². The summed E-state index contributed by atoms with van der Waals surface area (Å²) in [5.41, 5.74) is 8.16. The Hall–Kier alpha value is -4.38. The lowest BCUT2D eigenvalue weighted by molar-refractivity contribution is -0.130. The number of methoxy groups -OCH3 is 2. The van der Waals surface area contributed by atoms with Crippen LogP contribution >= 0.6 is 15.9 Å². The van der Waals surface area contributed by atoms with Gasteiger partial charge in [-0.1, -0.05) is 58.4 Å². The Bertz CT molecular complexity index is 1620. The molecular weight excluding hydrogens is 650 g/mol. The summed E-state index contributed by atoms with van der Waals surface area (Å²) in [4.78, 5) is 19.5. The highest BCUT2D eigenvalue weighted by molar-refractivity contribution is 9.10. The van der Waals surface area contributed by atoms with Gasteiger partial charge < -0.3 is 24.1 Å². The minimum absolute atomic E-state index is 0.0653. The van der Waals surface area contributed by atoms with Gasteiger partial charge in [-0.05, 0) is 77.7 Å². The fraction of sp³-hybridized carbons (Fsp3) is 0.278. The molecule has 46 heavy (non-hydrogen) atoms. The molecule has 1 aliphatic heterocycles. The quantitative estimate of drug-likeness (QED) is 0.110. The van der Waals surface area contributed by atoms with E-state index in [4.69, 9.17) is 29.0 Å². The number of benzene rings is 4. The summed E-state index contributed by atoms with van der Waals surface area (Å²) in [6, 6.07) is 30.6. The van der Waals surface area contributed by atoms with Crippen LogP contribution in [0.3, 0.4) is 0 Å². The van der Waals surface area contributed by atoms with Gasteiger partial charge in [-0.2, -0.15) is 0 Å². The Morgan fingerprint density at radius 3 is 2.39 bits per heavy atom. The van der Waals surface area contributed by atoms with E-state index in [-0.39, 0.29) is 12.5 Å². The Kier molecular flexibility index (Phi) is 11.3. The number of amides is 1. The van der Waals surface area contributed by atoms with E-state index >= 15 is 0 Å². The molecular formula is C36H38BrN3O6. The number of hydrogen-bond acceptors (Lipinski definition) is 8. The number of carbonyl (C=O) groups excluding carboxylic acids is 1. The number of ether oxygens (including phenoxy) is 4. The molecule has 10 heteroatoms. The summed E-state index contributed by atoms with van der Waals surface area (Å²) < 4.78 is 24.1. The molecule has 0 saturated carbocycles. The van der Waals surface area contributed by atoms with E-state index < -0.39 is 11.6 Å². The van der Waals surface area contributed by atoms with Crippen LogP contribution in [0.4, 0.5) is 0 Å². The first-order chi connectivity index (χ1) is 22.5. The number of rotatable bonds is 15. The van der Waals surface area contributed by atoms with Gasteiger partial charge in [0.05, 0.1) is 20.8 Å². The smallest absolute Gasteiger partial charge is 0.266 e. The van der Waals surface area contributed by atoms with Crippen molar-refractivity contribution in [1.82, 2.24) is 10.9 Å². The van der Waals surface area contributed by atoms with Gasteiger partial charge in [-0.25, -0.2) is 10.4 Å². The zero-order chi connectivity index (χ0) is 32.4. The van der Waals surface area contributed by atoms with Crippen molar-refractivity contribution in [2.45, 2.75) is 30.9 Å². The summed E-state index contributed by atoms with van der Waals surface area (Å²) in [5.74, 6) is 2.19. The van der Waals surface area contributed by atoms with Crippen molar-refractivity contribution in [3.8, 4) is 17.2 Å². The number of nitrogens with one attached hydrogen (secondary N) is 2. The summed E-state index contributed by atoms with van der Waals surface area (Å²) >= 11 is 3.52. The molecule has 4 aromatic rings. The fourth-order valence-corrected chi connectivity index (χ4v) is 5.62. The molecule has 240 valence electrons. The van der Waals surface area contributed by atoms with Gasteiger partial charge >= 0.3 is 0 Å². The highest BCUT2D eigenvalue weighted by Gasteiger charge is 2.53. The van der Waals surface area contributed by atoms with Crippen LogP contribution < -0.4 is 25.1 Å². The average molecular weight is 689 g/mol. The molecule has 5 rings (SSSR count). The molecule has 0 fully saturated rings. The van der Waals surface area contributed by atoms with E-state index in [2.05, 4.69) is 26.8 Å². The van der Waals surface area contributed by atoms with Crippen molar-refractivity contribution < 1.29 is 28.8 Å². The van der Waals surface area contributed by atoms with Crippen molar-refractivity contribution in [3.63, 3.8) is 0 Å². The zero-order valence-electron chi connectivity index (χ0n) is 25.9. The lowest BCUT2D eigenvalue weighted by Gasteiger charge is -2.31. The van der Waals surface area contributed by atoms with Crippen LogP contribution in [0, 0.1) is 0 Å². The highest BCUT2D eigenvalue weighted by atomic mass is 79.9. The lowest BCUT2D eigenvalue weighted by atomic mass is 9.82. The Balaban J connectivity index is 1.44. The topological polar surface area (TPSA) is 111 Å². The molecule has 0 radical (unpaired) electrons. The minimum atomic E-state index is -1.33. The van der Waals surface area contributed by atoms with Crippen LogP contribution in [0.15, 0.2) is 107 Å². The standard InChI is InChI=1S/C36H38BrN3O6/c1-43-31-17-18-32(44-2)28(23-31)19-20-38-40-35(42)36(24-25-7-4-3-5-8-25)33(26-9-13-29(37)14-10-26)46-34(39-36)27-11-15-30(16-12-27)45-22-6-21-41/h3-5,7-18,23,33,38,41H,6,19-22,24H2,1-2H3,(H,40,42)/t33-,36-/m0/s1. The molecule has 1 heterocycles. The van der Waals surface area contributed by atoms with Crippen LogP contribution in [-0.4, -0.2) is 56.4 Å². The van der Waals surface area contributed by atoms with Gasteiger partial charge in [-0.3, -0.25) is 10.2 Å². The first-order valence-corrected chi connectivity index (χ1v) is 15.9. The average Bonchev–Trinajstić information content (AvgIpc) is 3.48. The maximum Gasteiger partial charge on any atom is 0.266 e. The van der Waals surface area contributed by atoms with Crippen LogP contribution in [0.2, 0.25) is 0 Å². The second-order valence-corrected chi connectivity index (χ2v) is 11.7. The Labute approximate surface area is 277 Å². The summed E-state index contributed by atoms with van der Waals surface area (Å²) in [7, 11) is 3.25. The van der Waals surface area contributed by atoms with Gasteiger partial charge in [-0.15, -0.1) is 0 Å². The number of nitrogens with zero attached hydrogens (tertiary/aromatic N) is 1. The molecule has 0 aromatic heterocycles. The number of aliphatic imine (C=N–C) groups is 1. The van der Waals surface area contributed by atoms with Crippen LogP contribution in [0.5, 0.6) is 17.2 Å². The highest BCUT2D eigenvalue weighted by Crippen LogP contribution is 2.42. The van der Waals surface area contributed by atoms with Gasteiger partial charge in [0.1, 0.15) is 17.2 Å². The monoisotopic (exact) mass is 687 g/mol. The fourth-order valence-electron chi connectivity index (χ4n) is 5.35. The van der Waals surface area contributed by atoms with Crippen molar-refractivity contribution >= 4 is 27.7 Å². The van der Waals surface area contributed by atoms with Crippen molar-refractivity contribution in [2.75, 3.05) is 34.0 Å². The van der Waals surface area contributed by atoms with E-state index in [9.17, 15) is 4.79 Å². The van der Waals surface area contributed by atoms with E-state index in [0.717, 1.165) is 38.2 Å². The minimum Gasteiger partial charge on any atom is -0.497 e. The summed E-state index contributed by atoms with van der Waals surface area (Å²) in [5, 5.41) is 9.06. The first kappa shape index (κ1) is 33.0. The summed E-state index contributed by atoms with van der Waals surface area (Å²) in [6.07, 6.45) is 0.722. The van der Waals surface area contributed by atoms with Crippen molar-refractivity contribution in [3.05, 3.63) is 124 Å². The molecule has 2 atom stereocenters. The molecule has 1 aliphatic rings. The second kappa shape index (κ2) is 15.8. The molecule has 4 aromatic carbocycles. The third kappa shape index (κ3) is 7.88. The predicted octanol–water partition coefficient (Wildman–Crippen LogP) is 5.59. The van der Waals surface area contributed by atoms with Gasteiger partial charge in [0.2, 0.25) is 5.90 Å². The largest absolute Gasteiger partial charge is 0.497 e. The SMILES string of the molecule is COc1ccc(OC)c(CCNNC(=O)[C@@]2(Cc3ccccc3)N=C(c3ccc(OCCCO)cc3)O[C@H]2c2ccc(Br)cc2)c1. The van der Waals surface area contributed by atoms with Crippen LogP contribution in [0.25, 0.3) is 0 Å². The van der Waals surface area contributed by atoms with Crippen LogP contribution in [-0.2, 0) is 22.4 Å². The third-order valence-electron chi connectivity index (χ3n) is 7.73. The summed E-state index contributed by atoms with van der Waals surface area (Å²) in [6.45, 7) is 0.918. The number of aliphatic hydroxyl groups is 1. The van der Waals surface area contributed by atoms with E-state index in [1.165, 1.54) is 0 Å². The molecule has 0 aliphatic carbocycles. The first-order valence-electron chi connectivity index (χ1n) is 15.1. The lowest BCUT2D eigenvalue weighted by Crippen LogP contribution is -2.54. The number of hydrogen-bond donors (Lipinski definition) is 3. The van der Waals surface area contributed by atoms with Gasteiger partial charge in [0.25, 0.3) is 5.91 Å². The van der Waals surface area contributed by atoms with E-state index in [1.54, 1.807) is 14.2 Å². The second-order valence-electron chi connectivity index (χ2n) is 10.8. The number of carbonyl (C=O) groups is 1. The van der Waals surface area contributed by atoms with E-state index in [1.807, 2.05) is 97.1 Å². The van der Waals surface area contributed by atoms with E-state index in [0.29, 0.717) is 44.1 Å². The van der Waals surface area contributed by atoms with Gasteiger partial charge in [0.15, 0.2) is 11.6 Å². The normalized spacial score (nSPS) is 17.1. The number of halogens is 1. The van der Waals surface area contributed by atoms with Crippen LogP contribution in [0.1, 0.15) is 34.8 Å². The Morgan fingerprint density at radius 2 is 1.70 bits per heavy atom. The molecule has 0 bridgehead atoms. The predicted molar refractivity (Wildman–Crippen MR) is 180 cm³/mol. The molecule has 3 N–H and O–H groups in total. The van der Waals surface area contributed by atoms with Gasteiger partial charge in [0, 0.05) is 36.0 Å². The van der Waals surface area contributed by atoms with Crippen molar-refractivity contribution in [1.29, 1.82) is 0 Å². The molecule has 0 unspecified atom stereocenters. The Morgan fingerprint density at radius 1 is 0.957 bits per heavy atom. The maximum absolute atomic E-state index is 14.4. The molecule has 9 nitrogen and oxygen atoms in total. The molecule has 1 amide bonds. The number of aliphatic hydroxyl groups excluding tert-OH is 1.